The molecule has 3 rings (SSSR count). The standard InChI is InChI=1S/C17H17N2O7P/c1-10-14(17(20)21)15(12-6-3-4-7-13(12)19(22)23)16(11(2)18-10)27(24)25-8-5-9-26-27/h3-4,6-7,24H,5,8-9H2,1-2H3/p+1. The number of nitro benzene ring substituents is 1. The first-order valence-electron chi connectivity index (χ1n) is 8.16. The van der Waals surface area contributed by atoms with Gasteiger partial charge in [-0.25, -0.2) is 4.79 Å². The van der Waals surface area contributed by atoms with Gasteiger partial charge in [-0.2, -0.15) is 13.9 Å². The molecule has 1 fully saturated rings. The van der Waals surface area contributed by atoms with Crippen LogP contribution in [-0.2, 0) is 9.05 Å². The van der Waals surface area contributed by atoms with E-state index in [1.54, 1.807) is 13.0 Å². The van der Waals surface area contributed by atoms with E-state index in [9.17, 15) is 24.9 Å². The summed E-state index contributed by atoms with van der Waals surface area (Å²) in [6, 6.07) is 5.77. The number of hydrogen-bond donors (Lipinski definition) is 2. The van der Waals surface area contributed by atoms with Gasteiger partial charge in [0.25, 0.3) is 5.69 Å². The first kappa shape index (κ1) is 19.3. The van der Waals surface area contributed by atoms with Crippen molar-refractivity contribution in [3.05, 3.63) is 51.3 Å². The molecular weight excluding hydrogens is 375 g/mol. The fourth-order valence-electron chi connectivity index (χ4n) is 3.16. The molecule has 0 spiro atoms. The lowest BCUT2D eigenvalue weighted by atomic mass is 9.96. The van der Waals surface area contributed by atoms with E-state index in [0.29, 0.717) is 12.1 Å². The summed E-state index contributed by atoms with van der Waals surface area (Å²) in [5.74, 6) is -1.31. The van der Waals surface area contributed by atoms with Crippen LogP contribution in [0.5, 0.6) is 0 Å². The smallest absolute Gasteiger partial charge is 0.448 e. The van der Waals surface area contributed by atoms with Crippen molar-refractivity contribution >= 4 is 24.9 Å². The Kier molecular flexibility index (Phi) is 5.21. The van der Waals surface area contributed by atoms with Gasteiger partial charge in [-0.05, 0) is 19.9 Å². The predicted molar refractivity (Wildman–Crippen MR) is 98.1 cm³/mol. The number of benzene rings is 1. The third-order valence-corrected chi connectivity index (χ3v) is 6.39. The van der Waals surface area contributed by atoms with Crippen LogP contribution >= 0.6 is 7.94 Å². The molecule has 1 aliphatic rings. The van der Waals surface area contributed by atoms with Gasteiger partial charge in [0, 0.05) is 12.5 Å². The molecule has 9 nitrogen and oxygen atoms in total. The first-order chi connectivity index (χ1) is 12.8. The van der Waals surface area contributed by atoms with Crippen LogP contribution in [0.2, 0.25) is 0 Å². The van der Waals surface area contributed by atoms with E-state index in [1.165, 1.54) is 25.1 Å². The molecule has 1 aliphatic heterocycles. The van der Waals surface area contributed by atoms with Gasteiger partial charge in [0.15, 0.2) is 0 Å². The van der Waals surface area contributed by atoms with Gasteiger partial charge in [0.1, 0.15) is 13.2 Å². The van der Waals surface area contributed by atoms with Gasteiger partial charge < -0.3 is 5.11 Å². The summed E-state index contributed by atoms with van der Waals surface area (Å²) in [6.45, 7) is 3.56. The van der Waals surface area contributed by atoms with Crippen molar-refractivity contribution in [2.45, 2.75) is 20.3 Å². The Labute approximate surface area is 155 Å². The normalized spacial score (nSPS) is 16.1. The molecule has 1 aromatic carbocycles. The molecule has 10 heteroatoms. The minimum absolute atomic E-state index is 0.0116. The van der Waals surface area contributed by atoms with E-state index in [0.717, 1.165) is 0 Å². The van der Waals surface area contributed by atoms with Gasteiger partial charge in [-0.15, -0.1) is 0 Å². The van der Waals surface area contributed by atoms with E-state index in [2.05, 4.69) is 4.98 Å². The van der Waals surface area contributed by atoms with Crippen molar-refractivity contribution in [2.75, 3.05) is 13.2 Å². The van der Waals surface area contributed by atoms with Gasteiger partial charge in [0.05, 0.1) is 33.0 Å². The number of para-hydroxylation sites is 1. The van der Waals surface area contributed by atoms with Crippen molar-refractivity contribution < 1.29 is 28.8 Å². The molecule has 0 bridgehead atoms. The second-order valence-electron chi connectivity index (χ2n) is 6.00. The number of nitrogens with zero attached hydrogens (tertiary/aromatic N) is 2. The second kappa shape index (κ2) is 7.28. The highest BCUT2D eigenvalue weighted by molar-refractivity contribution is 7.69. The zero-order chi connectivity index (χ0) is 19.8. The molecule has 2 N–H and O–H groups in total. The molecule has 0 atom stereocenters. The summed E-state index contributed by atoms with van der Waals surface area (Å²) in [7, 11) is -3.64. The molecule has 1 aromatic heterocycles. The van der Waals surface area contributed by atoms with E-state index < -0.39 is 18.8 Å². The second-order valence-corrected chi connectivity index (χ2v) is 8.01. The average molecular weight is 393 g/mol. The van der Waals surface area contributed by atoms with Crippen LogP contribution in [0.3, 0.4) is 0 Å². The topological polar surface area (TPSA) is 132 Å². The molecule has 0 unspecified atom stereocenters. The number of aromatic carboxylic acids is 1. The molecule has 0 saturated carbocycles. The summed E-state index contributed by atoms with van der Waals surface area (Å²) in [6.07, 6.45) is 0.577. The van der Waals surface area contributed by atoms with Gasteiger partial charge in [0.2, 0.25) is 5.30 Å². The zero-order valence-electron chi connectivity index (χ0n) is 14.7. The van der Waals surface area contributed by atoms with Crippen LogP contribution in [-0.4, -0.2) is 39.1 Å². The number of pyridine rings is 1. The Bertz CT molecular complexity index is 926. The van der Waals surface area contributed by atoms with Crippen molar-refractivity contribution in [1.82, 2.24) is 4.98 Å². The minimum Gasteiger partial charge on any atom is -0.478 e. The Balaban J connectivity index is 2.44. The van der Waals surface area contributed by atoms with Crippen LogP contribution in [0, 0.1) is 24.0 Å². The van der Waals surface area contributed by atoms with Gasteiger partial charge in [-0.1, -0.05) is 12.1 Å². The largest absolute Gasteiger partial charge is 0.478 e. The highest BCUT2D eigenvalue weighted by atomic mass is 31.2. The van der Waals surface area contributed by atoms with Crippen molar-refractivity contribution in [3.63, 3.8) is 0 Å². The fraction of sp³-hybridized carbons (Fsp3) is 0.294. The molecule has 0 radical (unpaired) electrons. The van der Waals surface area contributed by atoms with Gasteiger partial charge in [-0.3, -0.25) is 15.1 Å². The summed E-state index contributed by atoms with van der Waals surface area (Å²) in [4.78, 5) is 38.2. The van der Waals surface area contributed by atoms with Crippen LogP contribution in [0.1, 0.15) is 28.2 Å². The van der Waals surface area contributed by atoms with Crippen LogP contribution in [0.15, 0.2) is 24.3 Å². The van der Waals surface area contributed by atoms with Crippen molar-refractivity contribution in [3.8, 4) is 11.1 Å². The lowest BCUT2D eigenvalue weighted by Gasteiger charge is -2.24. The molecule has 2 heterocycles. The quantitative estimate of drug-likeness (QED) is 0.460. The maximum Gasteiger partial charge on any atom is 0.448 e. The fourth-order valence-corrected chi connectivity index (χ4v) is 5.22. The Morgan fingerprint density at radius 1 is 1.22 bits per heavy atom. The first-order valence-corrected chi connectivity index (χ1v) is 9.73. The summed E-state index contributed by atoms with van der Waals surface area (Å²) in [5, 5.41) is 21.4. The van der Waals surface area contributed by atoms with E-state index in [4.69, 9.17) is 9.05 Å². The lowest BCUT2D eigenvalue weighted by molar-refractivity contribution is -0.384. The van der Waals surface area contributed by atoms with E-state index in [-0.39, 0.29) is 46.6 Å². The number of carboxylic acid groups (broad SMARTS) is 1. The number of carboxylic acids is 1. The van der Waals surface area contributed by atoms with Crippen LogP contribution in [0.25, 0.3) is 11.1 Å². The molecular formula is C17H18N2O7P+. The number of hydrogen-bond acceptors (Lipinski definition) is 7. The van der Waals surface area contributed by atoms with Crippen LogP contribution < -0.4 is 5.30 Å². The number of carbonyl (C=O) groups is 1. The lowest BCUT2D eigenvalue weighted by Crippen LogP contribution is -2.29. The average Bonchev–Trinajstić information content (AvgIpc) is 2.61. The van der Waals surface area contributed by atoms with E-state index in [1.807, 2.05) is 0 Å². The summed E-state index contributed by atoms with van der Waals surface area (Å²) in [5.41, 5.74) is 0.0575. The maximum atomic E-state index is 12.0. The third-order valence-electron chi connectivity index (χ3n) is 4.21. The minimum atomic E-state index is -3.64. The van der Waals surface area contributed by atoms with Gasteiger partial charge >= 0.3 is 13.9 Å². The Morgan fingerprint density at radius 2 is 1.85 bits per heavy atom. The Hall–Kier alpha value is -2.45. The number of aromatic nitrogens is 1. The predicted octanol–water partition coefficient (Wildman–Crippen LogP) is 2.79. The van der Waals surface area contributed by atoms with Crippen molar-refractivity contribution in [1.29, 1.82) is 0 Å². The molecule has 0 amide bonds. The SMILES string of the molecule is Cc1nc(C)c([P+]2(O)OCCCO2)c(-c2ccccc2[N+](=O)[O-])c1C(=O)O. The monoisotopic (exact) mass is 393 g/mol. The van der Waals surface area contributed by atoms with Crippen molar-refractivity contribution in [2.24, 2.45) is 0 Å². The number of rotatable bonds is 4. The van der Waals surface area contributed by atoms with Crippen LogP contribution in [0.4, 0.5) is 5.69 Å². The molecule has 2 aromatic rings. The highest BCUT2D eigenvalue weighted by Crippen LogP contribution is 2.60. The summed E-state index contributed by atoms with van der Waals surface area (Å²) >= 11 is 0. The molecule has 142 valence electrons. The molecule has 0 aliphatic carbocycles. The summed E-state index contributed by atoms with van der Waals surface area (Å²) < 4.78 is 11.0. The maximum absolute atomic E-state index is 12.0. The number of nitro groups is 1. The Morgan fingerprint density at radius 3 is 2.44 bits per heavy atom. The highest BCUT2D eigenvalue weighted by Gasteiger charge is 2.52. The molecule has 1 saturated heterocycles. The zero-order valence-corrected chi connectivity index (χ0v) is 15.6. The van der Waals surface area contributed by atoms with E-state index >= 15 is 0 Å². The number of aryl methyl sites for hydroxylation is 2. The molecule has 27 heavy (non-hydrogen) atoms. The third kappa shape index (κ3) is 3.42.